The van der Waals surface area contributed by atoms with E-state index in [1.807, 2.05) is 41.5 Å². The van der Waals surface area contributed by atoms with Crippen LogP contribution in [0.2, 0.25) is 0 Å². The van der Waals surface area contributed by atoms with Crippen LogP contribution in [0.1, 0.15) is 25.3 Å². The molecule has 1 unspecified atom stereocenters. The van der Waals surface area contributed by atoms with Crippen LogP contribution in [0, 0.1) is 0 Å². The molecule has 2 atom stereocenters. The first-order chi connectivity index (χ1) is 18.7. The van der Waals surface area contributed by atoms with Gasteiger partial charge in [0.05, 0.1) is 54.5 Å². The molecule has 2 N–H and O–H groups in total. The van der Waals surface area contributed by atoms with Crippen LogP contribution in [-0.2, 0) is 4.74 Å². The van der Waals surface area contributed by atoms with Gasteiger partial charge in [0.25, 0.3) is 0 Å². The van der Waals surface area contributed by atoms with Crippen LogP contribution in [0.15, 0.2) is 49.1 Å². The number of hydrogen-bond acceptors (Lipinski definition) is 10. The average molecular weight is 514 g/mol. The number of aromatic nitrogens is 6. The zero-order chi connectivity index (χ0) is 25.5. The molecule has 6 heterocycles. The first-order valence-corrected chi connectivity index (χ1v) is 13.3. The van der Waals surface area contributed by atoms with Crippen LogP contribution in [0.3, 0.4) is 0 Å². The lowest BCUT2D eigenvalue weighted by Crippen LogP contribution is -2.38. The number of ether oxygens (including phenoxy) is 1. The molecule has 0 spiro atoms. The van der Waals surface area contributed by atoms with Gasteiger partial charge >= 0.3 is 0 Å². The van der Waals surface area contributed by atoms with Crippen molar-refractivity contribution in [2.75, 3.05) is 49.6 Å². The van der Waals surface area contributed by atoms with E-state index in [1.54, 1.807) is 6.20 Å². The monoisotopic (exact) mass is 513 g/mol. The summed E-state index contributed by atoms with van der Waals surface area (Å²) in [6.45, 7) is 4.54. The van der Waals surface area contributed by atoms with Crippen molar-refractivity contribution < 1.29 is 9.84 Å². The lowest BCUT2D eigenvalue weighted by atomic mass is 10.1. The van der Waals surface area contributed by atoms with E-state index in [0.29, 0.717) is 24.1 Å². The van der Waals surface area contributed by atoms with Crippen molar-refractivity contribution in [3.8, 4) is 11.3 Å². The van der Waals surface area contributed by atoms with Crippen LogP contribution in [0.5, 0.6) is 0 Å². The maximum absolute atomic E-state index is 9.16. The molecule has 4 aromatic rings. The molecule has 0 saturated carbocycles. The molecular formula is C27H31N9O2. The van der Waals surface area contributed by atoms with Crippen LogP contribution in [0.25, 0.3) is 22.2 Å². The number of fused-ring (bicyclic) bond motifs is 3. The third-order valence-corrected chi connectivity index (χ3v) is 7.88. The summed E-state index contributed by atoms with van der Waals surface area (Å²) >= 11 is 0. The van der Waals surface area contributed by atoms with Crippen molar-refractivity contribution in [2.24, 2.45) is 0 Å². The summed E-state index contributed by atoms with van der Waals surface area (Å²) in [6.07, 6.45) is 10.9. The van der Waals surface area contributed by atoms with Crippen molar-refractivity contribution >= 4 is 28.5 Å². The standard InChI is InChI=1S/C27H31N9O2/c37-10-9-34-7-4-21(5-8-34)36-15-20(14-30-36)31-26-28-6-3-25(32-26)18-1-2-24-19(11-18)13-29-27(33-24)35-16-23-12-22(35)17-38-23/h1-3,6,11,13-15,21-23,37H,4-5,7-10,12,16-17H2,(H,28,31,32)/t22-,23?/m0/s1. The van der Waals surface area contributed by atoms with Gasteiger partial charge in [-0.25, -0.2) is 19.9 Å². The van der Waals surface area contributed by atoms with Gasteiger partial charge in [-0.15, -0.1) is 0 Å². The summed E-state index contributed by atoms with van der Waals surface area (Å²) in [5, 5.41) is 18.0. The zero-order valence-electron chi connectivity index (χ0n) is 21.1. The maximum Gasteiger partial charge on any atom is 0.227 e. The van der Waals surface area contributed by atoms with Crippen LogP contribution in [0.4, 0.5) is 17.6 Å². The number of nitrogens with one attached hydrogen (secondary N) is 1. The molecule has 38 heavy (non-hydrogen) atoms. The fraction of sp³-hybridized carbons (Fsp3) is 0.444. The Morgan fingerprint density at radius 3 is 2.79 bits per heavy atom. The highest BCUT2D eigenvalue weighted by Crippen LogP contribution is 2.32. The predicted molar refractivity (Wildman–Crippen MR) is 143 cm³/mol. The second kappa shape index (κ2) is 9.90. The zero-order valence-corrected chi connectivity index (χ0v) is 21.1. The Labute approximate surface area is 220 Å². The number of piperidine rings is 1. The Balaban J connectivity index is 1.05. The summed E-state index contributed by atoms with van der Waals surface area (Å²) < 4.78 is 7.74. The van der Waals surface area contributed by atoms with Gasteiger partial charge in [-0.3, -0.25) is 4.68 Å². The van der Waals surface area contributed by atoms with Gasteiger partial charge in [0.15, 0.2) is 0 Å². The number of anilines is 3. The van der Waals surface area contributed by atoms with Gasteiger partial charge in [0.2, 0.25) is 11.9 Å². The van der Waals surface area contributed by atoms with Crippen molar-refractivity contribution in [3.05, 3.63) is 49.1 Å². The molecule has 2 bridgehead atoms. The number of aliphatic hydroxyl groups excluding tert-OH is 1. The minimum absolute atomic E-state index is 0.211. The summed E-state index contributed by atoms with van der Waals surface area (Å²) in [6, 6.07) is 8.82. The molecule has 3 aromatic heterocycles. The molecule has 11 nitrogen and oxygen atoms in total. The SMILES string of the molecule is OCCN1CCC(n2cc(Nc3nccc(-c4ccc5nc(N6CC7C[C@H]6CO7)ncc5c4)n3)cn2)CC1. The summed E-state index contributed by atoms with van der Waals surface area (Å²) in [4.78, 5) is 23.2. The highest BCUT2D eigenvalue weighted by molar-refractivity contribution is 5.84. The number of nitrogens with zero attached hydrogens (tertiary/aromatic N) is 8. The average Bonchev–Trinajstić information content (AvgIpc) is 3.72. The number of β-amino-alcohol motifs (C(OH)–C–C–N with tert-alkyl or cyclic N) is 1. The molecule has 11 heteroatoms. The number of likely N-dealkylation sites (tertiary alicyclic amines) is 1. The molecule has 3 fully saturated rings. The first kappa shape index (κ1) is 23.4. The number of hydrogen-bond donors (Lipinski definition) is 2. The highest BCUT2D eigenvalue weighted by atomic mass is 16.5. The molecule has 0 amide bonds. The second-order valence-corrected chi connectivity index (χ2v) is 10.3. The van der Waals surface area contributed by atoms with Gasteiger partial charge in [0.1, 0.15) is 0 Å². The minimum atomic E-state index is 0.211. The Hall–Kier alpha value is -3.67. The topological polar surface area (TPSA) is 117 Å². The molecule has 0 aliphatic carbocycles. The lowest BCUT2D eigenvalue weighted by molar-refractivity contribution is 0.0986. The van der Waals surface area contributed by atoms with E-state index in [4.69, 9.17) is 19.8 Å². The summed E-state index contributed by atoms with van der Waals surface area (Å²) in [7, 11) is 0. The van der Waals surface area contributed by atoms with Crippen molar-refractivity contribution in [1.29, 1.82) is 0 Å². The normalized spacial score (nSPS) is 22.0. The van der Waals surface area contributed by atoms with Gasteiger partial charge in [0, 0.05) is 55.7 Å². The van der Waals surface area contributed by atoms with E-state index in [9.17, 15) is 0 Å². The van der Waals surface area contributed by atoms with E-state index in [2.05, 4.69) is 36.2 Å². The molecular weight excluding hydrogens is 482 g/mol. The van der Waals surface area contributed by atoms with Gasteiger partial charge in [-0.05, 0) is 37.5 Å². The van der Waals surface area contributed by atoms with E-state index >= 15 is 0 Å². The quantitative estimate of drug-likeness (QED) is 0.382. The van der Waals surface area contributed by atoms with E-state index < -0.39 is 0 Å². The first-order valence-electron chi connectivity index (χ1n) is 13.3. The second-order valence-electron chi connectivity index (χ2n) is 10.3. The number of morpholine rings is 1. The number of aliphatic hydroxyl groups is 1. The fourth-order valence-electron chi connectivity index (χ4n) is 5.83. The fourth-order valence-corrected chi connectivity index (χ4v) is 5.83. The van der Waals surface area contributed by atoms with Gasteiger partial charge in [-0.1, -0.05) is 6.07 Å². The molecule has 3 aliphatic rings. The van der Waals surface area contributed by atoms with Crippen molar-refractivity contribution in [3.63, 3.8) is 0 Å². The third kappa shape index (κ3) is 4.57. The van der Waals surface area contributed by atoms with Crippen molar-refractivity contribution in [2.45, 2.75) is 37.5 Å². The Morgan fingerprint density at radius 1 is 1.05 bits per heavy atom. The Kier molecular flexibility index (Phi) is 6.11. The van der Waals surface area contributed by atoms with E-state index in [1.165, 1.54) is 0 Å². The maximum atomic E-state index is 9.16. The Bertz CT molecular complexity index is 1440. The molecule has 0 radical (unpaired) electrons. The molecule has 7 rings (SSSR count). The largest absolute Gasteiger partial charge is 0.395 e. The van der Waals surface area contributed by atoms with E-state index in [-0.39, 0.29) is 6.61 Å². The van der Waals surface area contributed by atoms with Crippen LogP contribution >= 0.6 is 0 Å². The van der Waals surface area contributed by atoms with Crippen molar-refractivity contribution in [1.82, 2.24) is 34.6 Å². The third-order valence-electron chi connectivity index (χ3n) is 7.88. The molecule has 3 saturated heterocycles. The van der Waals surface area contributed by atoms with Gasteiger partial charge in [-0.2, -0.15) is 5.10 Å². The van der Waals surface area contributed by atoms with Crippen LogP contribution in [-0.4, -0.2) is 91.3 Å². The minimum Gasteiger partial charge on any atom is -0.395 e. The summed E-state index contributed by atoms with van der Waals surface area (Å²) in [5.74, 6) is 1.31. The summed E-state index contributed by atoms with van der Waals surface area (Å²) in [5.41, 5.74) is 3.59. The highest BCUT2D eigenvalue weighted by Gasteiger charge is 2.40. The molecule has 1 aromatic carbocycles. The lowest BCUT2D eigenvalue weighted by Gasteiger charge is -2.31. The number of benzene rings is 1. The smallest absolute Gasteiger partial charge is 0.227 e. The molecule has 3 aliphatic heterocycles. The predicted octanol–water partition coefficient (Wildman–Crippen LogP) is 2.63. The number of rotatable bonds is 7. The van der Waals surface area contributed by atoms with E-state index in [0.717, 1.165) is 85.8 Å². The molecule has 196 valence electrons. The Morgan fingerprint density at radius 2 is 1.97 bits per heavy atom. The van der Waals surface area contributed by atoms with Crippen LogP contribution < -0.4 is 10.2 Å². The van der Waals surface area contributed by atoms with Gasteiger partial charge < -0.3 is 25.0 Å².